The number of benzene rings is 2. The maximum absolute atomic E-state index is 12.9. The van der Waals surface area contributed by atoms with Crippen LogP contribution in [0.4, 0.5) is 0 Å². The summed E-state index contributed by atoms with van der Waals surface area (Å²) in [6, 6.07) is 20.0. The lowest BCUT2D eigenvalue weighted by atomic mass is 9.62. The Kier molecular flexibility index (Phi) is 4.25. The molecule has 2 aromatic heterocycles. The van der Waals surface area contributed by atoms with Crippen LogP contribution >= 0.6 is 0 Å². The number of imidazole rings is 1. The van der Waals surface area contributed by atoms with Crippen molar-refractivity contribution in [1.29, 1.82) is 5.26 Å². The van der Waals surface area contributed by atoms with Crippen LogP contribution in [0.2, 0.25) is 0 Å². The molecule has 2 aromatic carbocycles. The number of para-hydroxylation sites is 2. The Morgan fingerprint density at radius 2 is 1.87 bits per heavy atom. The molecule has 3 unspecified atom stereocenters. The van der Waals surface area contributed by atoms with Crippen LogP contribution in [-0.2, 0) is 11.2 Å². The van der Waals surface area contributed by atoms with E-state index in [2.05, 4.69) is 6.07 Å². The van der Waals surface area contributed by atoms with Crippen molar-refractivity contribution in [3.8, 4) is 6.07 Å². The lowest BCUT2D eigenvalue weighted by molar-refractivity contribution is -0.130. The molecule has 0 saturated heterocycles. The Morgan fingerprint density at radius 3 is 2.55 bits per heavy atom. The van der Waals surface area contributed by atoms with Gasteiger partial charge in [-0.1, -0.05) is 42.5 Å². The highest BCUT2D eigenvalue weighted by molar-refractivity contribution is 5.86. The number of rotatable bonds is 2. The van der Waals surface area contributed by atoms with E-state index in [0.717, 1.165) is 33.4 Å². The molecule has 154 valence electrons. The molecule has 2 heterocycles. The van der Waals surface area contributed by atoms with E-state index in [-0.39, 0.29) is 18.1 Å². The van der Waals surface area contributed by atoms with E-state index in [9.17, 15) is 15.2 Å². The molecule has 3 atom stereocenters. The quantitative estimate of drug-likeness (QED) is 0.535. The van der Waals surface area contributed by atoms with Gasteiger partial charge in [0.05, 0.1) is 28.1 Å². The lowest BCUT2D eigenvalue weighted by Gasteiger charge is -2.44. The molecule has 31 heavy (non-hydrogen) atoms. The molecule has 1 aliphatic carbocycles. The van der Waals surface area contributed by atoms with Gasteiger partial charge in [0.25, 0.3) is 0 Å². The number of carbonyl (C=O) groups is 1. The number of aromatic nitrogens is 2. The summed E-state index contributed by atoms with van der Waals surface area (Å²) >= 11 is 0. The van der Waals surface area contributed by atoms with Gasteiger partial charge < -0.3 is 5.11 Å². The van der Waals surface area contributed by atoms with Gasteiger partial charge >= 0.3 is 0 Å². The highest BCUT2D eigenvalue weighted by Crippen LogP contribution is 2.49. The first-order valence-corrected chi connectivity index (χ1v) is 10.5. The second kappa shape index (κ2) is 6.76. The monoisotopic (exact) mass is 409 g/mol. The molecule has 0 spiro atoms. The number of fused-ring (bicyclic) bond motifs is 4. The molecule has 5 heteroatoms. The van der Waals surface area contributed by atoms with Gasteiger partial charge in [0.15, 0.2) is 5.65 Å². The van der Waals surface area contributed by atoms with Gasteiger partial charge in [-0.3, -0.25) is 9.20 Å². The van der Waals surface area contributed by atoms with Crippen molar-refractivity contribution in [2.75, 3.05) is 0 Å². The number of carbonyl (C=O) groups excluding carboxylic acids is 1. The van der Waals surface area contributed by atoms with Crippen LogP contribution in [-0.4, -0.2) is 25.9 Å². The highest BCUT2D eigenvalue weighted by atomic mass is 16.3. The van der Waals surface area contributed by atoms with Crippen LogP contribution in [0.1, 0.15) is 47.7 Å². The summed E-state index contributed by atoms with van der Waals surface area (Å²) in [6.07, 6.45) is 0.235. The molecule has 0 radical (unpaired) electrons. The van der Waals surface area contributed by atoms with E-state index >= 15 is 0 Å². The third-order valence-corrected chi connectivity index (χ3v) is 6.69. The van der Waals surface area contributed by atoms with Gasteiger partial charge in [0.1, 0.15) is 11.9 Å². The minimum Gasteiger partial charge on any atom is -0.389 e. The number of Topliss-reactive ketones (excluding diaryl/α,β-unsaturated/α-hetero) is 1. The largest absolute Gasteiger partial charge is 0.389 e. The van der Waals surface area contributed by atoms with E-state index < -0.39 is 11.5 Å². The number of aryl methyl sites for hydroxylation is 1. The van der Waals surface area contributed by atoms with Crippen LogP contribution in [0.15, 0.2) is 54.6 Å². The van der Waals surface area contributed by atoms with Gasteiger partial charge in [-0.25, -0.2) is 4.98 Å². The van der Waals surface area contributed by atoms with Crippen molar-refractivity contribution in [1.82, 2.24) is 9.38 Å². The lowest BCUT2D eigenvalue weighted by Crippen LogP contribution is -2.48. The maximum atomic E-state index is 12.9. The SMILES string of the molecule is CC(=O)C1C(c2ccccc2)c2c(c(C#N)c3nc4ccccc4n3c2C)CC1(C)O. The molecule has 4 aromatic rings. The first-order valence-electron chi connectivity index (χ1n) is 10.5. The molecular weight excluding hydrogens is 386 g/mol. The van der Waals surface area contributed by atoms with E-state index in [1.807, 2.05) is 65.9 Å². The topological polar surface area (TPSA) is 78.4 Å². The van der Waals surface area contributed by atoms with E-state index in [4.69, 9.17) is 4.98 Å². The molecule has 5 nitrogen and oxygen atoms in total. The van der Waals surface area contributed by atoms with Crippen molar-refractivity contribution < 1.29 is 9.90 Å². The predicted octanol–water partition coefficient (Wildman–Crippen LogP) is 4.31. The van der Waals surface area contributed by atoms with Crippen LogP contribution in [0.5, 0.6) is 0 Å². The second-order valence-corrected chi connectivity index (χ2v) is 8.73. The predicted molar refractivity (Wildman–Crippen MR) is 119 cm³/mol. The van der Waals surface area contributed by atoms with Gasteiger partial charge in [-0.15, -0.1) is 0 Å². The number of aliphatic hydroxyl groups is 1. The van der Waals surface area contributed by atoms with Gasteiger partial charge in [-0.2, -0.15) is 5.26 Å². The molecule has 1 aliphatic rings. The Balaban J connectivity index is 1.97. The molecule has 0 aliphatic heterocycles. The molecule has 0 saturated carbocycles. The normalized spacial score (nSPS) is 22.9. The summed E-state index contributed by atoms with van der Waals surface area (Å²) in [7, 11) is 0. The molecule has 5 rings (SSSR count). The van der Waals surface area contributed by atoms with Crippen molar-refractivity contribution in [2.24, 2.45) is 5.92 Å². The molecule has 1 N–H and O–H groups in total. The fraction of sp³-hybridized carbons (Fsp3) is 0.269. The Bertz CT molecular complexity index is 1390. The maximum Gasteiger partial charge on any atom is 0.156 e. The number of hydrogen-bond donors (Lipinski definition) is 1. The van der Waals surface area contributed by atoms with Crippen LogP contribution < -0.4 is 0 Å². The molecule has 0 fully saturated rings. The summed E-state index contributed by atoms with van der Waals surface area (Å²) in [6.45, 7) is 5.28. The zero-order chi connectivity index (χ0) is 21.9. The van der Waals surface area contributed by atoms with Crippen LogP contribution in [0.3, 0.4) is 0 Å². The average molecular weight is 409 g/mol. The fourth-order valence-corrected chi connectivity index (χ4v) is 5.54. The molecular formula is C26H23N3O2. The smallest absolute Gasteiger partial charge is 0.156 e. The summed E-state index contributed by atoms with van der Waals surface area (Å²) in [4.78, 5) is 17.6. The minimum absolute atomic E-state index is 0.0574. The van der Waals surface area contributed by atoms with Gasteiger partial charge in [-0.05, 0) is 49.6 Å². The van der Waals surface area contributed by atoms with Crippen LogP contribution in [0, 0.1) is 24.2 Å². The average Bonchev–Trinajstić information content (AvgIpc) is 3.12. The standard InChI is InChI=1S/C26H23N3O2/c1-15-22-18(19(14-27)25-28-20-11-7-8-12-21(20)29(15)25)13-26(3,31)24(16(2)30)23(22)17-9-5-4-6-10-17/h4-12,23-24,31H,13H2,1-3H3. The fourth-order valence-electron chi connectivity index (χ4n) is 5.54. The van der Waals surface area contributed by atoms with Crippen molar-refractivity contribution in [2.45, 2.75) is 38.7 Å². The third kappa shape index (κ3) is 2.72. The zero-order valence-corrected chi connectivity index (χ0v) is 17.8. The van der Waals surface area contributed by atoms with E-state index in [1.54, 1.807) is 13.8 Å². The van der Waals surface area contributed by atoms with Crippen molar-refractivity contribution in [3.05, 3.63) is 82.5 Å². The Hall–Kier alpha value is -3.49. The Labute approximate surface area is 180 Å². The molecule has 0 bridgehead atoms. The summed E-state index contributed by atoms with van der Waals surface area (Å²) in [5.74, 6) is -1.02. The van der Waals surface area contributed by atoms with Gasteiger partial charge in [0, 0.05) is 18.0 Å². The third-order valence-electron chi connectivity index (χ3n) is 6.69. The van der Waals surface area contributed by atoms with Crippen molar-refractivity contribution >= 4 is 22.5 Å². The second-order valence-electron chi connectivity index (χ2n) is 8.73. The van der Waals surface area contributed by atoms with Crippen LogP contribution in [0.25, 0.3) is 16.7 Å². The number of pyridine rings is 1. The summed E-state index contributed by atoms with van der Waals surface area (Å²) in [5.41, 5.74) is 5.19. The zero-order valence-electron chi connectivity index (χ0n) is 17.8. The minimum atomic E-state index is -1.28. The number of nitriles is 1. The summed E-state index contributed by atoms with van der Waals surface area (Å²) < 4.78 is 2.03. The number of ketones is 1. The van der Waals surface area contributed by atoms with E-state index in [0.29, 0.717) is 11.2 Å². The van der Waals surface area contributed by atoms with Crippen molar-refractivity contribution in [3.63, 3.8) is 0 Å². The first kappa shape index (κ1) is 19.5. The Morgan fingerprint density at radius 1 is 1.19 bits per heavy atom. The number of hydrogen-bond acceptors (Lipinski definition) is 4. The number of nitrogens with zero attached hydrogens (tertiary/aromatic N) is 3. The highest BCUT2D eigenvalue weighted by Gasteiger charge is 2.49. The van der Waals surface area contributed by atoms with E-state index in [1.165, 1.54) is 0 Å². The first-order chi connectivity index (χ1) is 14.8. The van der Waals surface area contributed by atoms with Gasteiger partial charge in [0.2, 0.25) is 0 Å². The summed E-state index contributed by atoms with van der Waals surface area (Å²) in [5, 5.41) is 21.6. The molecule has 0 amide bonds.